The molecule has 35 valence electrons. The fourth-order valence-corrected chi connectivity index (χ4v) is 0. The summed E-state index contributed by atoms with van der Waals surface area (Å²) in [6.07, 6.45) is 0. The van der Waals surface area contributed by atoms with Gasteiger partial charge < -0.3 is 39.3 Å². The summed E-state index contributed by atoms with van der Waals surface area (Å²) in [6, 6.07) is 0. The van der Waals surface area contributed by atoms with Gasteiger partial charge in [-0.15, -0.1) is 0 Å². The summed E-state index contributed by atoms with van der Waals surface area (Å²) in [5, 5.41) is 0. The molecule has 1 radical (unpaired) electrons. The number of thiol groups is 2. The Morgan fingerprint density at radius 3 is 0.600 bits per heavy atom. The van der Waals surface area contributed by atoms with Crippen LogP contribution in [0.15, 0.2) is 0 Å². The summed E-state index contributed by atoms with van der Waals surface area (Å²) < 4.78 is 0. The smallest absolute Gasteiger partial charge is 0.813 e. The van der Waals surface area contributed by atoms with Gasteiger partial charge in [0.15, 0.2) is 0 Å². The molecule has 0 aliphatic heterocycles. The van der Waals surface area contributed by atoms with Crippen LogP contribution < -0.4 is 0 Å². The predicted molar refractivity (Wildman–Crippen MR) is 28.1 cm³/mol. The molecule has 4 N–H and O–H groups in total. The van der Waals surface area contributed by atoms with Crippen molar-refractivity contribution in [1.82, 2.24) is 0 Å². The van der Waals surface area contributed by atoms with E-state index in [2.05, 4.69) is 0 Å². The quantitative estimate of drug-likeness (QED) is 0.426. The molecule has 0 aromatic carbocycles. The largest absolute Gasteiger partial charge is 4.00 e. The molecule has 0 heterocycles. The van der Waals surface area contributed by atoms with E-state index in [1.165, 1.54) is 0 Å². The average Bonchev–Trinajstić information content (AvgIpc) is 0. The van der Waals surface area contributed by atoms with Gasteiger partial charge in [0.25, 0.3) is 0 Å². The van der Waals surface area contributed by atoms with E-state index in [1.807, 2.05) is 0 Å². The molecule has 0 aliphatic rings. The Balaban J connectivity index is 0. The van der Waals surface area contributed by atoms with E-state index < -0.39 is 0 Å². The second kappa shape index (κ2) is 59.6. The Bertz CT molecular complexity index is 7.61. The molecule has 0 spiro atoms. The molecule has 0 fully saturated rings. The van der Waals surface area contributed by atoms with Crippen molar-refractivity contribution in [3.63, 3.8) is 0 Å². The first-order valence-corrected chi connectivity index (χ1v) is 0. The van der Waals surface area contributed by atoms with Crippen molar-refractivity contribution in [1.29, 1.82) is 0 Å². The van der Waals surface area contributed by atoms with Crippen LogP contribution in [0.1, 0.15) is 0 Å². The minimum atomic E-state index is 0. The third kappa shape index (κ3) is 35.0. The number of rotatable bonds is 0. The third-order valence-electron chi connectivity index (χ3n) is 0. The molecule has 0 saturated heterocycles. The van der Waals surface area contributed by atoms with Gasteiger partial charge in [0, 0.05) is 0 Å². The standard InChI is InChI=1S/2H2N.2H2S.Tc/h4*1H2;/q2*-1;;;+4/p-2. The Kier molecular flexibility index (Phi) is 1290. The van der Waals surface area contributed by atoms with Crippen molar-refractivity contribution in [2.75, 3.05) is 0 Å². The molecule has 0 unspecified atom stereocenters. The number of nitrogens with two attached hydrogens (primary N) is 2. The van der Waals surface area contributed by atoms with Crippen molar-refractivity contribution in [3.05, 3.63) is 12.3 Å². The first kappa shape index (κ1) is 108. The van der Waals surface area contributed by atoms with Crippen LogP contribution in [0.25, 0.3) is 12.3 Å². The van der Waals surface area contributed by atoms with Gasteiger partial charge in [-0.3, -0.25) is 0 Å². The fourth-order valence-electron chi connectivity index (χ4n) is 0. The zero-order chi connectivity index (χ0) is 0. The second-order valence-electron chi connectivity index (χ2n) is 0. The molecule has 0 bridgehead atoms. The van der Waals surface area contributed by atoms with Crippen molar-refractivity contribution in [2.45, 2.75) is 0 Å². The second-order valence-corrected chi connectivity index (χ2v) is 0. The summed E-state index contributed by atoms with van der Waals surface area (Å²) in [5.41, 5.74) is 0. The van der Waals surface area contributed by atoms with Crippen LogP contribution in [-0.2, 0) is 47.1 Å². The number of hydrogen-bond donors (Lipinski definition) is 0. The molecule has 5 heteroatoms. The van der Waals surface area contributed by atoms with E-state index in [4.69, 9.17) is 0 Å². The van der Waals surface area contributed by atoms with Gasteiger partial charge in [-0.2, -0.15) is 0 Å². The monoisotopic (exact) mass is 195 g/mol. The molecule has 0 saturated carbocycles. The molecule has 5 heavy (non-hydrogen) atoms. The SMILES string of the molecule is [NH2-].[NH2-].[SH-].[SH-].[Tc+4]. The molecular weight excluding hydrogens is 190 g/mol. The molecule has 0 aliphatic carbocycles. The maximum absolute atomic E-state index is 0. The molecular formula is H6N2S2Tc. The number of hydrogen-bond acceptors (Lipinski definition) is 2. The van der Waals surface area contributed by atoms with Gasteiger partial charge >= 0.3 is 20.1 Å². The van der Waals surface area contributed by atoms with Crippen LogP contribution in [0.3, 0.4) is 0 Å². The van der Waals surface area contributed by atoms with Gasteiger partial charge in [-0.25, -0.2) is 0 Å². The minimum absolute atomic E-state index is 0. The minimum Gasteiger partial charge on any atom is -0.813 e. The Morgan fingerprint density at radius 2 is 0.600 bits per heavy atom. The van der Waals surface area contributed by atoms with Crippen molar-refractivity contribution < 1.29 is 20.1 Å². The third-order valence-corrected chi connectivity index (χ3v) is 0. The van der Waals surface area contributed by atoms with E-state index in [9.17, 15) is 0 Å². The van der Waals surface area contributed by atoms with E-state index in [0.717, 1.165) is 0 Å². The van der Waals surface area contributed by atoms with Gasteiger partial charge in [0.1, 0.15) is 0 Å². The fraction of sp³-hybridized carbons (Fsp3) is 0. The Labute approximate surface area is 59.5 Å². The van der Waals surface area contributed by atoms with E-state index in [-0.39, 0.29) is 59.4 Å². The van der Waals surface area contributed by atoms with Crippen LogP contribution in [-0.4, -0.2) is 0 Å². The van der Waals surface area contributed by atoms with Gasteiger partial charge in [0.2, 0.25) is 0 Å². The van der Waals surface area contributed by atoms with Crippen molar-refractivity contribution >= 4 is 27.0 Å². The van der Waals surface area contributed by atoms with Crippen molar-refractivity contribution in [3.8, 4) is 0 Å². The van der Waals surface area contributed by atoms with Gasteiger partial charge in [-0.05, 0) is 0 Å². The van der Waals surface area contributed by atoms with Gasteiger partial charge in [0.05, 0.1) is 0 Å². The average molecular weight is 196 g/mol. The first-order chi connectivity index (χ1) is 0. The summed E-state index contributed by atoms with van der Waals surface area (Å²) in [7, 11) is 0. The van der Waals surface area contributed by atoms with Crippen LogP contribution >= 0.6 is 0 Å². The van der Waals surface area contributed by atoms with E-state index in [0.29, 0.717) is 0 Å². The summed E-state index contributed by atoms with van der Waals surface area (Å²) in [4.78, 5) is 0. The first-order valence-electron chi connectivity index (χ1n) is 0. The maximum Gasteiger partial charge on any atom is 4.00 e. The predicted octanol–water partition coefficient (Wildman–Crippen LogP) is 0.891. The van der Waals surface area contributed by atoms with E-state index in [1.54, 1.807) is 0 Å². The normalized spacial score (nSPS) is 0. The summed E-state index contributed by atoms with van der Waals surface area (Å²) in [5.74, 6) is 0. The zero-order valence-corrected chi connectivity index (χ0v) is 6.07. The summed E-state index contributed by atoms with van der Waals surface area (Å²) >= 11 is 0. The molecule has 0 atom stereocenters. The Hall–Kier alpha value is 1.27. The Morgan fingerprint density at radius 1 is 0.600 bits per heavy atom. The summed E-state index contributed by atoms with van der Waals surface area (Å²) in [6.45, 7) is 0. The topological polar surface area (TPSA) is 67.0 Å². The molecule has 2 nitrogen and oxygen atoms in total. The van der Waals surface area contributed by atoms with Crippen LogP contribution in [0.2, 0.25) is 0 Å². The molecule has 0 aromatic rings. The van der Waals surface area contributed by atoms with Crippen molar-refractivity contribution in [2.24, 2.45) is 0 Å². The maximum atomic E-state index is 0. The zero-order valence-electron chi connectivity index (χ0n) is 2.43. The van der Waals surface area contributed by atoms with Gasteiger partial charge in [-0.1, -0.05) is 0 Å². The molecule has 0 amide bonds. The molecule has 0 rings (SSSR count). The van der Waals surface area contributed by atoms with Crippen LogP contribution in [0, 0.1) is 0 Å². The molecule has 0 aromatic heterocycles. The van der Waals surface area contributed by atoms with Crippen LogP contribution in [0.5, 0.6) is 0 Å². The van der Waals surface area contributed by atoms with Crippen LogP contribution in [0.4, 0.5) is 0 Å². The van der Waals surface area contributed by atoms with E-state index >= 15 is 0 Å².